The van der Waals surface area contributed by atoms with E-state index >= 15 is 0 Å². The molecule has 1 aliphatic rings. The van der Waals surface area contributed by atoms with Gasteiger partial charge in [0.1, 0.15) is 5.70 Å². The number of methoxy groups -OCH3 is 3. The number of rotatable bonds is 12. The lowest BCUT2D eigenvalue weighted by atomic mass is 10.1. The van der Waals surface area contributed by atoms with Crippen LogP contribution in [-0.2, 0) is 14.4 Å². The van der Waals surface area contributed by atoms with Crippen LogP contribution in [-0.4, -0.2) is 61.3 Å². The fourth-order valence-electron chi connectivity index (χ4n) is 5.02. The zero-order valence-corrected chi connectivity index (χ0v) is 27.4. The van der Waals surface area contributed by atoms with Crippen molar-refractivity contribution in [1.29, 1.82) is 0 Å². The summed E-state index contributed by atoms with van der Waals surface area (Å²) in [5, 5.41) is 13.9. The second-order valence-electron chi connectivity index (χ2n) is 10.5. The molecule has 0 radical (unpaired) electrons. The first-order chi connectivity index (χ1) is 23.6. The molecular weight excluding hydrogens is 650 g/mol. The summed E-state index contributed by atoms with van der Waals surface area (Å²) in [4.78, 5) is 65.7. The van der Waals surface area contributed by atoms with Crippen LogP contribution in [0.3, 0.4) is 0 Å². The summed E-state index contributed by atoms with van der Waals surface area (Å²) in [6.07, 6.45) is 1.41. The number of carbonyl (C=O) groups is 5. The number of nitrogens with one attached hydrogen (secondary N) is 2. The number of benzene rings is 4. The molecule has 4 aromatic rings. The van der Waals surface area contributed by atoms with Gasteiger partial charge in [0.05, 0.1) is 37.8 Å². The minimum atomic E-state index is -1.12. The number of hydrogen-bond donors (Lipinski definition) is 3. The van der Waals surface area contributed by atoms with Crippen LogP contribution in [0, 0.1) is 0 Å². The Labute approximate surface area is 285 Å². The van der Waals surface area contributed by atoms with Crippen LogP contribution in [0.15, 0.2) is 102 Å². The maximum Gasteiger partial charge on any atom is 0.335 e. The molecule has 0 aliphatic carbocycles. The largest absolute Gasteiger partial charge is 0.493 e. The van der Waals surface area contributed by atoms with E-state index in [0.717, 1.165) is 16.7 Å². The Morgan fingerprint density at radius 2 is 1.51 bits per heavy atom. The quantitative estimate of drug-likeness (QED) is 0.133. The lowest BCUT2D eigenvalue weighted by Crippen LogP contribution is -2.31. The summed E-state index contributed by atoms with van der Waals surface area (Å²) < 4.78 is 16.3. The zero-order chi connectivity index (χ0) is 35.1. The number of imide groups is 1. The maximum absolute atomic E-state index is 13.7. The number of carbonyl (C=O) groups excluding carboxylic acids is 4. The van der Waals surface area contributed by atoms with E-state index < -0.39 is 34.8 Å². The summed E-state index contributed by atoms with van der Waals surface area (Å²) in [7, 11) is 4.40. The molecule has 1 fully saturated rings. The van der Waals surface area contributed by atoms with E-state index in [4.69, 9.17) is 19.3 Å². The second-order valence-corrected chi connectivity index (χ2v) is 11.8. The summed E-state index contributed by atoms with van der Waals surface area (Å²) in [5.74, 6) is -2.05. The molecule has 49 heavy (non-hydrogen) atoms. The van der Waals surface area contributed by atoms with Crippen molar-refractivity contribution in [3.05, 3.63) is 113 Å². The molecule has 1 heterocycles. The van der Waals surface area contributed by atoms with Crippen LogP contribution in [0.5, 0.6) is 17.2 Å². The van der Waals surface area contributed by atoms with Gasteiger partial charge in [0.25, 0.3) is 11.8 Å². The number of aromatic carboxylic acids is 1. The number of anilines is 2. The molecule has 0 bridgehead atoms. The summed E-state index contributed by atoms with van der Waals surface area (Å²) in [6.45, 7) is 0. The van der Waals surface area contributed by atoms with E-state index in [1.807, 2.05) is 0 Å². The highest BCUT2D eigenvalue weighted by atomic mass is 32.2. The predicted octanol–water partition coefficient (Wildman–Crippen LogP) is 5.24. The molecule has 1 aliphatic heterocycles. The molecule has 0 aromatic heterocycles. The van der Waals surface area contributed by atoms with Gasteiger partial charge in [-0.15, -0.1) is 11.8 Å². The van der Waals surface area contributed by atoms with E-state index in [-0.39, 0.29) is 23.4 Å². The molecule has 0 unspecified atom stereocenters. The van der Waals surface area contributed by atoms with Crippen LogP contribution < -0.4 is 29.7 Å². The van der Waals surface area contributed by atoms with E-state index in [0.29, 0.717) is 39.0 Å². The van der Waals surface area contributed by atoms with Gasteiger partial charge in [-0.25, -0.2) is 9.69 Å². The molecule has 13 heteroatoms. The monoisotopic (exact) mass is 681 g/mol. The van der Waals surface area contributed by atoms with Crippen LogP contribution in [0.2, 0.25) is 0 Å². The molecular formula is C36H31N3O9S. The third kappa shape index (κ3) is 7.91. The topological polar surface area (TPSA) is 161 Å². The highest BCUT2D eigenvalue weighted by Gasteiger charge is 2.40. The van der Waals surface area contributed by atoms with Gasteiger partial charge in [-0.05, 0) is 78.4 Å². The molecule has 5 rings (SSSR count). The Bertz CT molecular complexity index is 1920. The number of nitrogens with zero attached hydrogens (tertiary/aromatic N) is 1. The van der Waals surface area contributed by atoms with E-state index in [1.165, 1.54) is 51.7 Å². The highest BCUT2D eigenvalue weighted by Crippen LogP contribution is 2.39. The van der Waals surface area contributed by atoms with Gasteiger partial charge in [0, 0.05) is 22.6 Å². The number of hydrogen-bond acceptors (Lipinski definition) is 9. The minimum Gasteiger partial charge on any atom is -0.493 e. The van der Waals surface area contributed by atoms with Crippen molar-refractivity contribution in [2.75, 3.05) is 31.5 Å². The first-order valence-electron chi connectivity index (χ1n) is 14.8. The standard InChI is InChI=1S/C36H31N3O9S/c1-46-28-17-21(18-29(47-2)32(28)48-3)16-27(38-33(41)22-8-5-4-6-9-22)34(42)37-24-10-7-11-26(19-24)49-30-20-31(40)39(35(30)43)25-14-12-23(13-15-25)36(44)45/h4-19,30H,20H2,1-3H3,(H,37,42)(H,38,41)(H,44,45)/b27-16+/t30-/m0/s1. The molecule has 250 valence electrons. The molecule has 4 aromatic carbocycles. The van der Waals surface area contributed by atoms with Crippen molar-refractivity contribution in [3.63, 3.8) is 0 Å². The number of carboxylic acids is 1. The lowest BCUT2D eigenvalue weighted by molar-refractivity contribution is -0.121. The zero-order valence-electron chi connectivity index (χ0n) is 26.6. The fourth-order valence-corrected chi connectivity index (χ4v) is 6.14. The molecule has 1 saturated heterocycles. The van der Waals surface area contributed by atoms with E-state index in [2.05, 4.69) is 10.6 Å². The van der Waals surface area contributed by atoms with Crippen molar-refractivity contribution in [3.8, 4) is 17.2 Å². The van der Waals surface area contributed by atoms with Crippen LogP contribution in [0.4, 0.5) is 11.4 Å². The number of carboxylic acid groups (broad SMARTS) is 1. The van der Waals surface area contributed by atoms with Gasteiger partial charge in [-0.2, -0.15) is 0 Å². The maximum atomic E-state index is 13.7. The van der Waals surface area contributed by atoms with Crippen molar-refractivity contribution in [2.45, 2.75) is 16.6 Å². The molecule has 4 amide bonds. The van der Waals surface area contributed by atoms with Gasteiger partial charge < -0.3 is 30.0 Å². The molecule has 3 N–H and O–H groups in total. The number of ether oxygens (including phenoxy) is 3. The Kier molecular flexibility index (Phi) is 10.6. The van der Waals surface area contributed by atoms with Crippen molar-refractivity contribution in [1.82, 2.24) is 5.32 Å². The molecule has 1 atom stereocenters. The smallest absolute Gasteiger partial charge is 0.335 e. The third-order valence-electron chi connectivity index (χ3n) is 7.37. The van der Waals surface area contributed by atoms with Gasteiger partial charge in [-0.3, -0.25) is 19.2 Å². The Hall–Kier alpha value is -6.08. The predicted molar refractivity (Wildman–Crippen MR) is 183 cm³/mol. The van der Waals surface area contributed by atoms with Gasteiger partial charge >= 0.3 is 5.97 Å². The second kappa shape index (κ2) is 15.2. The summed E-state index contributed by atoms with van der Waals surface area (Å²) in [5.41, 5.74) is 1.43. The lowest BCUT2D eigenvalue weighted by Gasteiger charge is -2.16. The SMILES string of the molecule is COc1cc(/C=C(/NC(=O)c2ccccc2)C(=O)Nc2cccc(S[C@H]3CC(=O)N(c4ccc(C(=O)O)cc4)C3=O)c2)cc(OC)c1OC. The van der Waals surface area contributed by atoms with E-state index in [1.54, 1.807) is 66.7 Å². The van der Waals surface area contributed by atoms with Crippen molar-refractivity contribution < 1.29 is 43.3 Å². The van der Waals surface area contributed by atoms with Gasteiger partial charge in [-0.1, -0.05) is 24.3 Å². The first-order valence-corrected chi connectivity index (χ1v) is 15.7. The van der Waals surface area contributed by atoms with Crippen LogP contribution in [0.25, 0.3) is 6.08 Å². The third-order valence-corrected chi connectivity index (χ3v) is 8.55. The number of thioether (sulfide) groups is 1. The Balaban J connectivity index is 1.37. The molecule has 12 nitrogen and oxygen atoms in total. The minimum absolute atomic E-state index is 0.0359. The fraction of sp³-hybridized carbons (Fsp3) is 0.139. The summed E-state index contributed by atoms with van der Waals surface area (Å²) >= 11 is 1.16. The highest BCUT2D eigenvalue weighted by molar-refractivity contribution is 8.00. The van der Waals surface area contributed by atoms with E-state index in [9.17, 15) is 24.0 Å². The number of amides is 4. The Morgan fingerprint density at radius 1 is 0.837 bits per heavy atom. The van der Waals surface area contributed by atoms with Crippen molar-refractivity contribution >= 4 is 58.8 Å². The normalized spacial score (nSPS) is 14.3. The Morgan fingerprint density at radius 3 is 2.12 bits per heavy atom. The van der Waals surface area contributed by atoms with Crippen molar-refractivity contribution in [2.24, 2.45) is 0 Å². The average molecular weight is 682 g/mol. The molecule has 0 spiro atoms. The molecule has 0 saturated carbocycles. The summed E-state index contributed by atoms with van der Waals surface area (Å²) in [6, 6.07) is 23.9. The first kappa shape index (κ1) is 34.3. The van der Waals surface area contributed by atoms with Crippen LogP contribution in [0.1, 0.15) is 32.7 Å². The average Bonchev–Trinajstić information content (AvgIpc) is 3.39. The van der Waals surface area contributed by atoms with Gasteiger partial charge in [0.2, 0.25) is 17.6 Å². The van der Waals surface area contributed by atoms with Crippen LogP contribution >= 0.6 is 11.8 Å². The van der Waals surface area contributed by atoms with Gasteiger partial charge in [0.15, 0.2) is 11.5 Å².